The lowest BCUT2D eigenvalue weighted by Crippen LogP contribution is -2.33. The molecule has 1 heterocycles. The van der Waals surface area contributed by atoms with Gasteiger partial charge in [0.15, 0.2) is 0 Å². The van der Waals surface area contributed by atoms with E-state index >= 15 is 0 Å². The lowest BCUT2D eigenvalue weighted by Gasteiger charge is -2.25. The Morgan fingerprint density at radius 3 is 2.38 bits per heavy atom. The van der Waals surface area contributed by atoms with Gasteiger partial charge in [-0.3, -0.25) is 4.79 Å². The minimum atomic E-state index is -1.32. The van der Waals surface area contributed by atoms with Crippen molar-refractivity contribution >= 4 is 28.9 Å². The molecular weight excluding hydrogens is 350 g/mol. The molecule has 1 amide bonds. The standard InChI is InChI=1S/C20H17NO4S/c1-25-15-10-8-14(9-11-15)13-21(19(22)18-7-4-12-26-18)17-6-3-2-5-16(17)20(23)24/h2-12H,13H2,1H3,(H,23,24)/p-1. The quantitative estimate of drug-likeness (QED) is 0.672. The van der Waals surface area contributed by atoms with Crippen molar-refractivity contribution in [2.45, 2.75) is 6.54 Å². The van der Waals surface area contributed by atoms with Gasteiger partial charge >= 0.3 is 0 Å². The number of rotatable bonds is 6. The summed E-state index contributed by atoms with van der Waals surface area (Å²) in [4.78, 5) is 26.5. The first kappa shape index (κ1) is 17.7. The maximum atomic E-state index is 13.0. The molecule has 0 saturated heterocycles. The van der Waals surface area contributed by atoms with Crippen molar-refractivity contribution in [1.29, 1.82) is 0 Å². The van der Waals surface area contributed by atoms with Crippen molar-refractivity contribution in [1.82, 2.24) is 0 Å². The number of para-hydroxylation sites is 1. The summed E-state index contributed by atoms with van der Waals surface area (Å²) < 4.78 is 5.15. The van der Waals surface area contributed by atoms with E-state index in [4.69, 9.17) is 4.74 Å². The highest BCUT2D eigenvalue weighted by Gasteiger charge is 2.21. The number of methoxy groups -OCH3 is 1. The molecule has 0 saturated carbocycles. The molecule has 2 aromatic carbocycles. The van der Waals surface area contributed by atoms with Crippen molar-refractivity contribution in [3.05, 3.63) is 82.0 Å². The van der Waals surface area contributed by atoms with E-state index in [1.54, 1.807) is 49.6 Å². The largest absolute Gasteiger partial charge is 0.545 e. The summed E-state index contributed by atoms with van der Waals surface area (Å²) in [5.41, 5.74) is 1.14. The Bertz CT molecular complexity index is 904. The summed E-state index contributed by atoms with van der Waals surface area (Å²) in [6.45, 7) is 0.227. The van der Waals surface area contributed by atoms with Crippen molar-refractivity contribution in [3.8, 4) is 5.75 Å². The molecule has 0 aliphatic heterocycles. The van der Waals surface area contributed by atoms with E-state index in [-0.39, 0.29) is 18.0 Å². The van der Waals surface area contributed by atoms with Gasteiger partial charge in [0.05, 0.1) is 30.2 Å². The number of hydrogen-bond acceptors (Lipinski definition) is 5. The number of nitrogens with zero attached hydrogens (tertiary/aromatic N) is 1. The third-order valence-electron chi connectivity index (χ3n) is 3.89. The fourth-order valence-corrected chi connectivity index (χ4v) is 3.27. The molecule has 0 N–H and O–H groups in total. The smallest absolute Gasteiger partial charge is 0.268 e. The maximum Gasteiger partial charge on any atom is 0.268 e. The zero-order valence-corrected chi connectivity index (χ0v) is 14.9. The van der Waals surface area contributed by atoms with Crippen LogP contribution < -0.4 is 14.7 Å². The van der Waals surface area contributed by atoms with Crippen LogP contribution in [-0.2, 0) is 6.54 Å². The van der Waals surface area contributed by atoms with Crippen LogP contribution in [0.3, 0.4) is 0 Å². The molecule has 0 radical (unpaired) electrons. The van der Waals surface area contributed by atoms with E-state index in [0.717, 1.165) is 5.56 Å². The summed E-state index contributed by atoms with van der Waals surface area (Å²) >= 11 is 1.31. The van der Waals surface area contributed by atoms with Gasteiger partial charge in [-0.15, -0.1) is 11.3 Å². The zero-order chi connectivity index (χ0) is 18.5. The normalized spacial score (nSPS) is 10.3. The van der Waals surface area contributed by atoms with Gasteiger partial charge in [-0.2, -0.15) is 0 Å². The van der Waals surface area contributed by atoms with Crippen LogP contribution in [0.4, 0.5) is 5.69 Å². The minimum Gasteiger partial charge on any atom is -0.545 e. The predicted molar refractivity (Wildman–Crippen MR) is 98.6 cm³/mol. The van der Waals surface area contributed by atoms with Gasteiger partial charge < -0.3 is 19.5 Å². The summed E-state index contributed by atoms with van der Waals surface area (Å²) in [7, 11) is 1.58. The van der Waals surface area contributed by atoms with E-state index in [0.29, 0.717) is 16.3 Å². The number of carbonyl (C=O) groups excluding carboxylic acids is 2. The van der Waals surface area contributed by atoms with Crippen molar-refractivity contribution in [3.63, 3.8) is 0 Å². The zero-order valence-electron chi connectivity index (χ0n) is 14.0. The number of carboxylic acid groups (broad SMARTS) is 1. The molecule has 132 valence electrons. The fraction of sp³-hybridized carbons (Fsp3) is 0.100. The van der Waals surface area contributed by atoms with E-state index in [1.807, 2.05) is 17.5 Å². The number of thiophene rings is 1. The van der Waals surface area contributed by atoms with Gasteiger partial charge in [0.2, 0.25) is 0 Å². The third kappa shape index (κ3) is 3.75. The Morgan fingerprint density at radius 1 is 1.04 bits per heavy atom. The summed E-state index contributed by atoms with van der Waals surface area (Å²) in [6.07, 6.45) is 0. The Kier molecular flexibility index (Phi) is 5.34. The summed E-state index contributed by atoms with van der Waals surface area (Å²) in [6, 6.07) is 17.1. The van der Waals surface area contributed by atoms with Crippen LogP contribution in [0.25, 0.3) is 0 Å². The monoisotopic (exact) mass is 366 g/mol. The number of anilines is 1. The molecule has 0 atom stereocenters. The van der Waals surface area contributed by atoms with Crippen LogP contribution in [0.1, 0.15) is 25.6 Å². The fourth-order valence-electron chi connectivity index (χ4n) is 2.59. The first-order valence-corrected chi connectivity index (χ1v) is 8.77. The van der Waals surface area contributed by atoms with Crippen LogP contribution in [0.2, 0.25) is 0 Å². The van der Waals surface area contributed by atoms with Crippen molar-refractivity contribution in [2.75, 3.05) is 12.0 Å². The number of ether oxygens (including phenoxy) is 1. The maximum absolute atomic E-state index is 13.0. The number of carbonyl (C=O) groups is 2. The Balaban J connectivity index is 2.02. The summed E-state index contributed by atoms with van der Waals surface area (Å²) in [5.74, 6) is -0.871. The van der Waals surface area contributed by atoms with Gasteiger partial charge in [-0.1, -0.05) is 36.4 Å². The highest BCUT2D eigenvalue weighted by atomic mass is 32.1. The number of benzene rings is 2. The van der Waals surface area contributed by atoms with Crippen molar-refractivity contribution < 1.29 is 19.4 Å². The Hall–Kier alpha value is -3.12. The van der Waals surface area contributed by atoms with Crippen LogP contribution in [-0.4, -0.2) is 19.0 Å². The molecular formula is C20H16NO4S-. The minimum absolute atomic E-state index is 0.0223. The van der Waals surface area contributed by atoms with E-state index < -0.39 is 5.97 Å². The Labute approximate surface area is 155 Å². The topological polar surface area (TPSA) is 69.7 Å². The van der Waals surface area contributed by atoms with E-state index in [1.165, 1.54) is 22.3 Å². The molecule has 1 aromatic heterocycles. The predicted octanol–water partition coefficient (Wildman–Crippen LogP) is 2.97. The Morgan fingerprint density at radius 2 is 1.77 bits per heavy atom. The second-order valence-electron chi connectivity index (χ2n) is 5.52. The van der Waals surface area contributed by atoms with Crippen molar-refractivity contribution in [2.24, 2.45) is 0 Å². The molecule has 0 spiro atoms. The second-order valence-corrected chi connectivity index (χ2v) is 6.47. The average molecular weight is 366 g/mol. The molecule has 6 heteroatoms. The summed E-state index contributed by atoms with van der Waals surface area (Å²) in [5, 5.41) is 13.3. The molecule has 0 aliphatic carbocycles. The molecule has 26 heavy (non-hydrogen) atoms. The molecule has 0 fully saturated rings. The van der Waals surface area contributed by atoms with Gasteiger partial charge in [0.25, 0.3) is 5.91 Å². The van der Waals surface area contributed by atoms with Gasteiger partial charge in [-0.05, 0) is 35.2 Å². The molecule has 0 unspecified atom stereocenters. The van der Waals surface area contributed by atoms with E-state index in [9.17, 15) is 14.7 Å². The first-order valence-electron chi connectivity index (χ1n) is 7.89. The van der Waals surface area contributed by atoms with Gasteiger partial charge in [0, 0.05) is 5.56 Å². The lowest BCUT2D eigenvalue weighted by molar-refractivity contribution is -0.254. The van der Waals surface area contributed by atoms with Crippen LogP contribution in [0.15, 0.2) is 66.0 Å². The molecule has 5 nitrogen and oxygen atoms in total. The van der Waals surface area contributed by atoms with Crippen LogP contribution in [0, 0.1) is 0 Å². The molecule has 3 aromatic rings. The molecule has 0 aliphatic rings. The SMILES string of the molecule is COc1ccc(CN(C(=O)c2cccs2)c2ccccc2C(=O)[O-])cc1. The molecule has 0 bridgehead atoms. The highest BCUT2D eigenvalue weighted by Crippen LogP contribution is 2.26. The second kappa shape index (κ2) is 7.84. The van der Waals surface area contributed by atoms with Crippen LogP contribution >= 0.6 is 11.3 Å². The average Bonchev–Trinajstić information content (AvgIpc) is 3.21. The van der Waals surface area contributed by atoms with E-state index in [2.05, 4.69) is 0 Å². The van der Waals surface area contributed by atoms with Gasteiger partial charge in [-0.25, -0.2) is 0 Å². The lowest BCUT2D eigenvalue weighted by atomic mass is 10.1. The first-order chi connectivity index (χ1) is 12.6. The molecule has 3 rings (SSSR count). The van der Waals surface area contributed by atoms with Crippen LogP contribution in [0.5, 0.6) is 5.75 Å². The third-order valence-corrected chi connectivity index (χ3v) is 4.75. The number of amides is 1. The highest BCUT2D eigenvalue weighted by molar-refractivity contribution is 7.12. The van der Waals surface area contributed by atoms with Gasteiger partial charge in [0.1, 0.15) is 5.75 Å². The number of hydrogen-bond donors (Lipinski definition) is 0. The number of aromatic carboxylic acids is 1. The number of carboxylic acids is 1.